The molecule has 0 saturated heterocycles. The molecule has 5 heteroatoms. The van der Waals surface area contributed by atoms with Gasteiger partial charge in [0.15, 0.2) is 0 Å². The summed E-state index contributed by atoms with van der Waals surface area (Å²) in [6, 6.07) is 13.8. The van der Waals surface area contributed by atoms with Gasteiger partial charge in [-0.3, -0.25) is 9.59 Å². The highest BCUT2D eigenvalue weighted by molar-refractivity contribution is 5.87. The Labute approximate surface area is 179 Å². The second-order valence-electron chi connectivity index (χ2n) is 7.53. The predicted octanol–water partition coefficient (Wildman–Crippen LogP) is 4.65. The van der Waals surface area contributed by atoms with Crippen molar-refractivity contribution in [1.29, 1.82) is 0 Å². The monoisotopic (exact) mass is 412 g/mol. The maximum atomic E-state index is 13.3. The lowest BCUT2D eigenvalue weighted by molar-refractivity contribution is -0.141. The van der Waals surface area contributed by atoms with Gasteiger partial charge < -0.3 is 10.2 Å². The molecule has 2 aromatic rings. The van der Waals surface area contributed by atoms with Gasteiger partial charge in [-0.2, -0.15) is 0 Å². The molecule has 0 fully saturated rings. The summed E-state index contributed by atoms with van der Waals surface area (Å²) in [5.41, 5.74) is 3.17. The van der Waals surface area contributed by atoms with Crippen LogP contribution in [0.4, 0.5) is 4.39 Å². The number of hydrogen-bond donors (Lipinski definition) is 1. The Morgan fingerprint density at radius 1 is 0.933 bits per heavy atom. The van der Waals surface area contributed by atoms with Crippen molar-refractivity contribution in [1.82, 2.24) is 10.2 Å². The second-order valence-corrected chi connectivity index (χ2v) is 7.53. The Kier molecular flexibility index (Phi) is 9.52. The summed E-state index contributed by atoms with van der Waals surface area (Å²) < 4.78 is 13.3. The molecule has 0 bridgehead atoms. The van der Waals surface area contributed by atoms with E-state index in [2.05, 4.69) is 36.5 Å². The lowest BCUT2D eigenvalue weighted by Crippen LogP contribution is -2.49. The van der Waals surface area contributed by atoms with Crippen molar-refractivity contribution in [3.63, 3.8) is 0 Å². The summed E-state index contributed by atoms with van der Waals surface area (Å²) in [6.45, 7) is 6.88. The highest BCUT2D eigenvalue weighted by Crippen LogP contribution is 2.16. The Bertz CT molecular complexity index is 803. The second kappa shape index (κ2) is 12.1. The van der Waals surface area contributed by atoms with Gasteiger partial charge in [0.05, 0.1) is 0 Å². The molecule has 0 spiro atoms. The molecule has 2 amide bonds. The third kappa shape index (κ3) is 6.97. The lowest BCUT2D eigenvalue weighted by Gasteiger charge is -2.30. The number of nitrogens with zero attached hydrogens (tertiary/aromatic N) is 1. The summed E-state index contributed by atoms with van der Waals surface area (Å²) in [6.07, 6.45) is 3.28. The van der Waals surface area contributed by atoms with Gasteiger partial charge in [0.25, 0.3) is 0 Å². The van der Waals surface area contributed by atoms with E-state index in [0.29, 0.717) is 25.8 Å². The maximum absolute atomic E-state index is 13.3. The van der Waals surface area contributed by atoms with Crippen LogP contribution < -0.4 is 5.32 Å². The molecule has 0 aliphatic carbocycles. The van der Waals surface area contributed by atoms with E-state index in [0.717, 1.165) is 24.0 Å². The molecule has 30 heavy (non-hydrogen) atoms. The number of aryl methyl sites for hydroxylation is 2. The third-order valence-corrected chi connectivity index (χ3v) is 5.26. The molecular weight excluding hydrogens is 379 g/mol. The summed E-state index contributed by atoms with van der Waals surface area (Å²) in [5, 5.41) is 2.91. The van der Waals surface area contributed by atoms with E-state index in [-0.39, 0.29) is 24.2 Å². The molecule has 0 saturated carbocycles. The van der Waals surface area contributed by atoms with Crippen LogP contribution in [-0.4, -0.2) is 29.3 Å². The molecule has 162 valence electrons. The Hall–Kier alpha value is -2.69. The minimum absolute atomic E-state index is 0.0719. The first-order valence-electron chi connectivity index (χ1n) is 10.9. The molecule has 0 radical (unpaired) electrons. The Morgan fingerprint density at radius 2 is 1.53 bits per heavy atom. The molecule has 2 aromatic carbocycles. The number of halogens is 1. The number of nitrogens with one attached hydrogen (secondary N) is 1. The Morgan fingerprint density at radius 3 is 2.10 bits per heavy atom. The van der Waals surface area contributed by atoms with Crippen LogP contribution in [0.3, 0.4) is 0 Å². The SMILES string of the molecule is CCCNC(=O)C(CC)N(Cc1ccc(F)cc1)C(=O)CCc1ccc(CC)cc1. The summed E-state index contributed by atoms with van der Waals surface area (Å²) >= 11 is 0. The molecule has 1 N–H and O–H groups in total. The zero-order valence-electron chi connectivity index (χ0n) is 18.3. The van der Waals surface area contributed by atoms with Crippen LogP contribution in [0.5, 0.6) is 0 Å². The van der Waals surface area contributed by atoms with Gasteiger partial charge in [0.2, 0.25) is 11.8 Å². The Balaban J connectivity index is 2.15. The summed E-state index contributed by atoms with van der Waals surface area (Å²) in [4.78, 5) is 27.5. The van der Waals surface area contributed by atoms with E-state index in [1.54, 1.807) is 17.0 Å². The number of hydrogen-bond acceptors (Lipinski definition) is 2. The standard InChI is InChI=1S/C25H33FN2O2/c1-4-17-27-25(30)23(6-3)28(18-21-11-14-22(26)15-12-21)24(29)16-13-20-9-7-19(5-2)8-10-20/h7-12,14-15,23H,4-6,13,16-18H2,1-3H3,(H,27,30). The first-order chi connectivity index (χ1) is 14.5. The van der Waals surface area contributed by atoms with Crippen molar-refractivity contribution in [2.45, 2.75) is 65.5 Å². The van der Waals surface area contributed by atoms with Crippen molar-refractivity contribution in [2.75, 3.05) is 6.54 Å². The number of carbonyl (C=O) groups is 2. The van der Waals surface area contributed by atoms with Crippen LogP contribution in [0.25, 0.3) is 0 Å². The molecule has 0 aliphatic rings. The van der Waals surface area contributed by atoms with E-state index >= 15 is 0 Å². The first-order valence-corrected chi connectivity index (χ1v) is 10.9. The number of benzene rings is 2. The van der Waals surface area contributed by atoms with E-state index in [9.17, 15) is 14.0 Å². The molecular formula is C25H33FN2O2. The van der Waals surface area contributed by atoms with Gasteiger partial charge in [0, 0.05) is 19.5 Å². The van der Waals surface area contributed by atoms with Crippen molar-refractivity contribution < 1.29 is 14.0 Å². The van der Waals surface area contributed by atoms with Crippen LogP contribution in [-0.2, 0) is 29.0 Å². The van der Waals surface area contributed by atoms with Crippen LogP contribution in [0.2, 0.25) is 0 Å². The predicted molar refractivity (Wildman–Crippen MR) is 118 cm³/mol. The molecule has 4 nitrogen and oxygen atoms in total. The van der Waals surface area contributed by atoms with Crippen molar-refractivity contribution in [3.05, 3.63) is 71.0 Å². The minimum Gasteiger partial charge on any atom is -0.354 e. The van der Waals surface area contributed by atoms with Gasteiger partial charge in [-0.15, -0.1) is 0 Å². The molecule has 0 aromatic heterocycles. The average Bonchev–Trinajstić information content (AvgIpc) is 2.77. The minimum atomic E-state index is -0.545. The van der Waals surface area contributed by atoms with Crippen molar-refractivity contribution in [2.24, 2.45) is 0 Å². The fraction of sp³-hybridized carbons (Fsp3) is 0.440. The normalized spacial score (nSPS) is 11.7. The van der Waals surface area contributed by atoms with E-state index in [1.165, 1.54) is 17.7 Å². The lowest BCUT2D eigenvalue weighted by atomic mass is 10.0. The number of amides is 2. The van der Waals surface area contributed by atoms with E-state index in [4.69, 9.17) is 0 Å². The average molecular weight is 413 g/mol. The fourth-order valence-electron chi connectivity index (χ4n) is 3.41. The molecule has 1 unspecified atom stereocenters. The van der Waals surface area contributed by atoms with Gasteiger partial charge in [-0.05, 0) is 54.5 Å². The van der Waals surface area contributed by atoms with Crippen LogP contribution in [0.1, 0.15) is 56.7 Å². The topological polar surface area (TPSA) is 49.4 Å². The van der Waals surface area contributed by atoms with Crippen molar-refractivity contribution >= 4 is 11.8 Å². The van der Waals surface area contributed by atoms with Crippen molar-refractivity contribution in [3.8, 4) is 0 Å². The molecule has 0 aliphatic heterocycles. The summed E-state index contributed by atoms with van der Waals surface area (Å²) in [7, 11) is 0. The molecule has 1 atom stereocenters. The zero-order chi connectivity index (χ0) is 21.9. The number of rotatable bonds is 11. The quantitative estimate of drug-likeness (QED) is 0.584. The van der Waals surface area contributed by atoms with Crippen LogP contribution in [0, 0.1) is 5.82 Å². The van der Waals surface area contributed by atoms with Crippen LogP contribution in [0.15, 0.2) is 48.5 Å². The first kappa shape index (κ1) is 23.6. The van der Waals surface area contributed by atoms with Gasteiger partial charge >= 0.3 is 0 Å². The largest absolute Gasteiger partial charge is 0.354 e. The zero-order valence-corrected chi connectivity index (χ0v) is 18.3. The van der Waals surface area contributed by atoms with Gasteiger partial charge in [-0.1, -0.05) is 57.2 Å². The maximum Gasteiger partial charge on any atom is 0.242 e. The highest BCUT2D eigenvalue weighted by atomic mass is 19.1. The van der Waals surface area contributed by atoms with Gasteiger partial charge in [-0.25, -0.2) is 4.39 Å². The van der Waals surface area contributed by atoms with E-state index < -0.39 is 6.04 Å². The highest BCUT2D eigenvalue weighted by Gasteiger charge is 2.28. The smallest absolute Gasteiger partial charge is 0.242 e. The van der Waals surface area contributed by atoms with Crippen LogP contribution >= 0.6 is 0 Å². The van der Waals surface area contributed by atoms with E-state index in [1.807, 2.05) is 13.8 Å². The molecule has 0 heterocycles. The summed E-state index contributed by atoms with van der Waals surface area (Å²) in [5.74, 6) is -0.528. The fourth-order valence-corrected chi connectivity index (χ4v) is 3.41. The third-order valence-electron chi connectivity index (χ3n) is 5.26. The molecule has 2 rings (SSSR count). The van der Waals surface area contributed by atoms with Gasteiger partial charge in [0.1, 0.15) is 11.9 Å². The number of carbonyl (C=O) groups excluding carboxylic acids is 2.